The number of hydrogen-bond donors (Lipinski definition) is 1. The second-order valence-corrected chi connectivity index (χ2v) is 10.1. The first-order valence-electron chi connectivity index (χ1n) is 9.09. The average molecular weight is 440 g/mol. The molecule has 0 bridgehead atoms. The molecule has 1 atom stereocenters. The first-order valence-corrected chi connectivity index (χ1v) is 10.7. The number of nitrogens with one attached hydrogen (secondary N) is 1. The molecule has 1 aliphatic carbocycles. The molecule has 1 aliphatic rings. The highest BCUT2D eigenvalue weighted by molar-refractivity contribution is 7.17. The first-order chi connectivity index (χ1) is 13.0. The molecule has 1 heterocycles. The van der Waals surface area contributed by atoms with Crippen LogP contribution in [0.3, 0.4) is 0 Å². The maximum Gasteiger partial charge on any atom is 0.341 e. The molecular weight excluding hydrogens is 417 g/mol. The van der Waals surface area contributed by atoms with Gasteiger partial charge in [-0.05, 0) is 57.7 Å². The third-order valence-electron chi connectivity index (χ3n) is 5.35. The van der Waals surface area contributed by atoms with E-state index in [-0.39, 0.29) is 12.5 Å². The first kappa shape index (κ1) is 21.2. The van der Waals surface area contributed by atoms with E-state index in [1.165, 1.54) is 16.9 Å². The summed E-state index contributed by atoms with van der Waals surface area (Å²) in [6, 6.07) is 6.05. The van der Waals surface area contributed by atoms with Gasteiger partial charge in [-0.1, -0.05) is 18.2 Å². The SMILES string of the molecule is CCOC(=O)c1c(NC(=O)[C@]2(C)CC2(Cl)Cl)sc(C)c1-c1ccc(C)c(C)c1. The van der Waals surface area contributed by atoms with E-state index < -0.39 is 15.7 Å². The lowest BCUT2D eigenvalue weighted by atomic mass is 9.97. The molecular formula is C21H23Cl2NO3S. The predicted molar refractivity (Wildman–Crippen MR) is 116 cm³/mol. The van der Waals surface area contributed by atoms with Crippen molar-refractivity contribution in [1.29, 1.82) is 0 Å². The summed E-state index contributed by atoms with van der Waals surface area (Å²) >= 11 is 13.6. The Hall–Kier alpha value is -1.56. The van der Waals surface area contributed by atoms with Crippen molar-refractivity contribution in [2.75, 3.05) is 11.9 Å². The van der Waals surface area contributed by atoms with Gasteiger partial charge in [-0.15, -0.1) is 34.5 Å². The van der Waals surface area contributed by atoms with Gasteiger partial charge in [0.2, 0.25) is 5.91 Å². The highest BCUT2D eigenvalue weighted by Crippen LogP contribution is 2.64. The topological polar surface area (TPSA) is 55.4 Å². The van der Waals surface area contributed by atoms with Crippen molar-refractivity contribution in [2.24, 2.45) is 5.41 Å². The highest BCUT2D eigenvalue weighted by Gasteiger charge is 2.68. The van der Waals surface area contributed by atoms with E-state index in [4.69, 9.17) is 27.9 Å². The second kappa shape index (κ2) is 7.36. The number of carbonyl (C=O) groups is 2. The van der Waals surface area contributed by atoms with Gasteiger partial charge in [0.05, 0.1) is 12.0 Å². The van der Waals surface area contributed by atoms with Gasteiger partial charge in [0.1, 0.15) is 14.9 Å². The number of halogens is 2. The number of hydrogen-bond acceptors (Lipinski definition) is 4. The number of rotatable bonds is 5. The van der Waals surface area contributed by atoms with E-state index >= 15 is 0 Å². The van der Waals surface area contributed by atoms with Crippen LogP contribution < -0.4 is 5.32 Å². The number of anilines is 1. The van der Waals surface area contributed by atoms with Gasteiger partial charge in [0.25, 0.3) is 0 Å². The largest absolute Gasteiger partial charge is 0.462 e. The maximum absolute atomic E-state index is 12.8. The van der Waals surface area contributed by atoms with Crippen LogP contribution in [0.2, 0.25) is 0 Å². The monoisotopic (exact) mass is 439 g/mol. The molecule has 1 aromatic heterocycles. The number of alkyl halides is 2. The summed E-state index contributed by atoms with van der Waals surface area (Å²) < 4.78 is 4.21. The molecule has 1 N–H and O–H groups in total. The van der Waals surface area contributed by atoms with Gasteiger partial charge in [0.15, 0.2) is 0 Å². The fourth-order valence-corrected chi connectivity index (χ4v) is 4.93. The average Bonchev–Trinajstić information content (AvgIpc) is 2.96. The van der Waals surface area contributed by atoms with Crippen LogP contribution in [0.25, 0.3) is 11.1 Å². The molecule has 1 fully saturated rings. The molecule has 1 aromatic carbocycles. The molecule has 1 amide bonds. The van der Waals surface area contributed by atoms with Gasteiger partial charge in [-0.3, -0.25) is 4.79 Å². The van der Waals surface area contributed by atoms with E-state index in [0.29, 0.717) is 17.0 Å². The number of benzene rings is 1. The number of aryl methyl sites for hydroxylation is 3. The molecule has 0 radical (unpaired) electrons. The number of ether oxygens (including phenoxy) is 1. The Labute approximate surface area is 179 Å². The maximum atomic E-state index is 12.8. The van der Waals surface area contributed by atoms with E-state index in [9.17, 15) is 9.59 Å². The van der Waals surface area contributed by atoms with E-state index in [0.717, 1.165) is 21.6 Å². The fourth-order valence-electron chi connectivity index (χ4n) is 3.16. The zero-order valence-corrected chi connectivity index (χ0v) is 18.9. The Kier molecular flexibility index (Phi) is 5.56. The summed E-state index contributed by atoms with van der Waals surface area (Å²) in [7, 11) is 0. The molecule has 7 heteroatoms. The lowest BCUT2D eigenvalue weighted by Crippen LogP contribution is -2.26. The molecule has 3 rings (SSSR count). The number of amides is 1. The lowest BCUT2D eigenvalue weighted by molar-refractivity contribution is -0.120. The molecule has 0 spiro atoms. The third-order valence-corrected chi connectivity index (χ3v) is 7.47. The van der Waals surface area contributed by atoms with Crippen molar-refractivity contribution in [3.63, 3.8) is 0 Å². The summed E-state index contributed by atoms with van der Waals surface area (Å²) in [4.78, 5) is 26.5. The second-order valence-electron chi connectivity index (χ2n) is 7.42. The molecule has 2 aromatic rings. The van der Waals surface area contributed by atoms with Crippen LogP contribution in [0.4, 0.5) is 5.00 Å². The summed E-state index contributed by atoms with van der Waals surface area (Å²) in [6.07, 6.45) is 0.373. The van der Waals surface area contributed by atoms with Gasteiger partial charge >= 0.3 is 5.97 Å². The van der Waals surface area contributed by atoms with Crippen LogP contribution in [0.5, 0.6) is 0 Å². The quantitative estimate of drug-likeness (QED) is 0.456. The minimum absolute atomic E-state index is 0.248. The molecule has 0 saturated heterocycles. The standard InChI is InChI=1S/C21H23Cl2NO3S/c1-6-27-18(25)16-15(14-8-7-11(2)12(3)9-14)13(4)28-17(16)24-19(26)20(5)10-21(20,22)23/h7-9H,6,10H2,1-5H3,(H,24,26)/t20-/m0/s1. The van der Waals surface area contributed by atoms with Crippen LogP contribution in [-0.2, 0) is 9.53 Å². The van der Waals surface area contributed by atoms with E-state index in [1.54, 1.807) is 13.8 Å². The molecule has 28 heavy (non-hydrogen) atoms. The van der Waals surface area contributed by atoms with E-state index in [1.807, 2.05) is 39.0 Å². The van der Waals surface area contributed by atoms with Crippen LogP contribution in [0.1, 0.15) is 46.6 Å². The molecule has 1 saturated carbocycles. The van der Waals surface area contributed by atoms with Crippen LogP contribution in [-0.4, -0.2) is 22.8 Å². The summed E-state index contributed by atoms with van der Waals surface area (Å²) in [6.45, 7) is 9.72. The number of thiophene rings is 1. The van der Waals surface area contributed by atoms with Gasteiger partial charge in [-0.2, -0.15) is 0 Å². The normalized spacial score (nSPS) is 20.0. The zero-order valence-electron chi connectivity index (χ0n) is 16.5. The summed E-state index contributed by atoms with van der Waals surface area (Å²) in [5.41, 5.74) is 3.50. The predicted octanol–water partition coefficient (Wildman–Crippen LogP) is 6.04. The van der Waals surface area contributed by atoms with Gasteiger partial charge in [-0.25, -0.2) is 4.79 Å². The van der Waals surface area contributed by atoms with Crippen LogP contribution in [0, 0.1) is 26.2 Å². The zero-order chi connectivity index (χ0) is 20.9. The molecule has 0 unspecified atom stereocenters. The van der Waals surface area contributed by atoms with Crippen molar-refractivity contribution in [3.8, 4) is 11.1 Å². The Balaban J connectivity index is 2.07. The summed E-state index contributed by atoms with van der Waals surface area (Å²) in [5.74, 6) is -0.754. The highest BCUT2D eigenvalue weighted by atomic mass is 35.5. The van der Waals surface area contributed by atoms with Crippen molar-refractivity contribution < 1.29 is 14.3 Å². The summed E-state index contributed by atoms with van der Waals surface area (Å²) in [5, 5.41) is 3.34. The van der Waals surface area contributed by atoms with Crippen molar-refractivity contribution in [3.05, 3.63) is 39.8 Å². The Morgan fingerprint density at radius 3 is 2.39 bits per heavy atom. The van der Waals surface area contributed by atoms with Gasteiger partial charge in [0, 0.05) is 10.4 Å². The lowest BCUT2D eigenvalue weighted by Gasteiger charge is -2.13. The Morgan fingerprint density at radius 1 is 1.21 bits per heavy atom. The minimum Gasteiger partial charge on any atom is -0.462 e. The Morgan fingerprint density at radius 2 is 1.86 bits per heavy atom. The smallest absolute Gasteiger partial charge is 0.341 e. The number of carbonyl (C=O) groups excluding carboxylic acids is 2. The fraction of sp³-hybridized carbons (Fsp3) is 0.429. The van der Waals surface area contributed by atoms with Crippen LogP contribution >= 0.6 is 34.5 Å². The Bertz CT molecular complexity index is 967. The van der Waals surface area contributed by atoms with E-state index in [2.05, 4.69) is 5.32 Å². The molecule has 0 aliphatic heterocycles. The molecule has 4 nitrogen and oxygen atoms in total. The van der Waals surface area contributed by atoms with Crippen molar-refractivity contribution in [2.45, 2.75) is 45.4 Å². The van der Waals surface area contributed by atoms with Crippen LogP contribution in [0.15, 0.2) is 18.2 Å². The minimum atomic E-state index is -1.08. The third kappa shape index (κ3) is 3.56. The molecule has 150 valence electrons. The van der Waals surface area contributed by atoms with Gasteiger partial charge < -0.3 is 10.1 Å². The van der Waals surface area contributed by atoms with Crippen molar-refractivity contribution >= 4 is 51.4 Å². The number of esters is 1. The van der Waals surface area contributed by atoms with Crippen molar-refractivity contribution in [1.82, 2.24) is 0 Å².